The minimum absolute atomic E-state index is 0.151. The number of carbonyl (C=O) groups is 2. The number of amides is 1. The number of alkyl halides is 3. The molecule has 0 bridgehead atoms. The van der Waals surface area contributed by atoms with Gasteiger partial charge in [0.1, 0.15) is 5.69 Å². The van der Waals surface area contributed by atoms with E-state index in [-0.39, 0.29) is 23.0 Å². The average Bonchev–Trinajstić information content (AvgIpc) is 2.81. The molecule has 0 saturated carbocycles. The first-order valence-corrected chi connectivity index (χ1v) is 7.89. The molecule has 1 heterocycles. The Bertz CT molecular complexity index is 821. The van der Waals surface area contributed by atoms with Crippen molar-refractivity contribution in [2.45, 2.75) is 40.0 Å². The number of aromatic nitrogens is 1. The molecule has 1 aromatic carbocycles. The van der Waals surface area contributed by atoms with Gasteiger partial charge < -0.3 is 15.0 Å². The molecule has 140 valence electrons. The van der Waals surface area contributed by atoms with E-state index in [0.717, 1.165) is 12.1 Å². The van der Waals surface area contributed by atoms with Crippen molar-refractivity contribution in [3.05, 3.63) is 52.3 Å². The van der Waals surface area contributed by atoms with E-state index in [1.807, 2.05) is 0 Å². The lowest BCUT2D eigenvalue weighted by Gasteiger charge is -2.09. The fourth-order valence-corrected chi connectivity index (χ4v) is 2.49. The van der Waals surface area contributed by atoms with E-state index < -0.39 is 23.6 Å². The van der Waals surface area contributed by atoms with E-state index in [4.69, 9.17) is 4.74 Å². The third kappa shape index (κ3) is 4.25. The maximum absolute atomic E-state index is 12.6. The highest BCUT2D eigenvalue weighted by molar-refractivity contribution is 6.06. The third-order valence-electron chi connectivity index (χ3n) is 3.68. The SMILES string of the molecule is Cc1[nH]c(C(=O)Nc2ccc(C(F)(F)F)cc2)c(C)c1C(=O)OC(C)C. The molecule has 2 N–H and O–H groups in total. The highest BCUT2D eigenvalue weighted by atomic mass is 19.4. The van der Waals surface area contributed by atoms with Crippen molar-refractivity contribution in [1.82, 2.24) is 4.98 Å². The van der Waals surface area contributed by atoms with Gasteiger partial charge in [-0.05, 0) is 57.5 Å². The number of halogens is 3. The molecule has 1 amide bonds. The number of benzene rings is 1. The minimum Gasteiger partial charge on any atom is -0.459 e. The van der Waals surface area contributed by atoms with E-state index in [1.165, 1.54) is 12.1 Å². The number of aromatic amines is 1. The van der Waals surface area contributed by atoms with Gasteiger partial charge in [-0.2, -0.15) is 13.2 Å². The van der Waals surface area contributed by atoms with Gasteiger partial charge in [-0.15, -0.1) is 0 Å². The lowest BCUT2D eigenvalue weighted by molar-refractivity contribution is -0.137. The van der Waals surface area contributed by atoms with Gasteiger partial charge in [0.15, 0.2) is 0 Å². The number of anilines is 1. The summed E-state index contributed by atoms with van der Waals surface area (Å²) in [5, 5.41) is 2.51. The first kappa shape index (κ1) is 19.6. The summed E-state index contributed by atoms with van der Waals surface area (Å²) in [5.74, 6) is -1.10. The highest BCUT2D eigenvalue weighted by Gasteiger charge is 2.30. The predicted octanol–water partition coefficient (Wildman–Crippen LogP) is 4.47. The van der Waals surface area contributed by atoms with Crippen LogP contribution in [0.3, 0.4) is 0 Å². The third-order valence-corrected chi connectivity index (χ3v) is 3.68. The zero-order valence-electron chi connectivity index (χ0n) is 14.7. The predicted molar refractivity (Wildman–Crippen MR) is 90.2 cm³/mol. The summed E-state index contributed by atoms with van der Waals surface area (Å²) in [6, 6.07) is 4.10. The molecule has 0 aliphatic heterocycles. The minimum atomic E-state index is -4.44. The molecule has 26 heavy (non-hydrogen) atoms. The van der Waals surface area contributed by atoms with Crippen molar-refractivity contribution in [3.63, 3.8) is 0 Å². The number of esters is 1. The summed E-state index contributed by atoms with van der Waals surface area (Å²) in [4.78, 5) is 27.4. The van der Waals surface area contributed by atoms with Crippen LogP contribution >= 0.6 is 0 Å². The van der Waals surface area contributed by atoms with Gasteiger partial charge in [0.25, 0.3) is 5.91 Å². The Kier molecular flexibility index (Phi) is 5.44. The van der Waals surface area contributed by atoms with E-state index in [9.17, 15) is 22.8 Å². The molecular formula is C18H19F3N2O3. The quantitative estimate of drug-likeness (QED) is 0.783. The molecule has 0 aliphatic carbocycles. The van der Waals surface area contributed by atoms with Crippen LogP contribution in [0, 0.1) is 13.8 Å². The second-order valence-corrected chi connectivity index (χ2v) is 6.11. The fourth-order valence-electron chi connectivity index (χ4n) is 2.49. The van der Waals surface area contributed by atoms with Crippen LogP contribution in [0.1, 0.15) is 51.5 Å². The zero-order valence-corrected chi connectivity index (χ0v) is 14.7. The number of nitrogens with one attached hydrogen (secondary N) is 2. The van der Waals surface area contributed by atoms with Crippen molar-refractivity contribution < 1.29 is 27.5 Å². The molecule has 5 nitrogen and oxygen atoms in total. The average molecular weight is 368 g/mol. The van der Waals surface area contributed by atoms with Gasteiger partial charge >= 0.3 is 12.1 Å². The molecule has 8 heteroatoms. The molecular weight excluding hydrogens is 349 g/mol. The molecule has 0 fully saturated rings. The molecule has 0 spiro atoms. The van der Waals surface area contributed by atoms with Crippen LogP contribution in [0.15, 0.2) is 24.3 Å². The van der Waals surface area contributed by atoms with Gasteiger partial charge in [0.2, 0.25) is 0 Å². The second-order valence-electron chi connectivity index (χ2n) is 6.11. The largest absolute Gasteiger partial charge is 0.459 e. The van der Waals surface area contributed by atoms with Crippen molar-refractivity contribution in [3.8, 4) is 0 Å². The number of H-pyrrole nitrogens is 1. The molecule has 2 rings (SSSR count). The van der Waals surface area contributed by atoms with Crippen molar-refractivity contribution in [2.75, 3.05) is 5.32 Å². The Morgan fingerprint density at radius 2 is 1.69 bits per heavy atom. The van der Waals surface area contributed by atoms with Crippen LogP contribution < -0.4 is 5.32 Å². The van der Waals surface area contributed by atoms with Crippen LogP contribution in [0.4, 0.5) is 18.9 Å². The van der Waals surface area contributed by atoms with Crippen LogP contribution in [0.5, 0.6) is 0 Å². The second kappa shape index (κ2) is 7.23. The van der Waals surface area contributed by atoms with Gasteiger partial charge in [-0.25, -0.2) is 4.79 Å². The Morgan fingerprint density at radius 3 is 2.19 bits per heavy atom. The van der Waals surface area contributed by atoms with Crippen molar-refractivity contribution >= 4 is 17.6 Å². The summed E-state index contributed by atoms with van der Waals surface area (Å²) in [6.07, 6.45) is -4.75. The number of rotatable bonds is 4. The molecule has 0 atom stereocenters. The first-order valence-electron chi connectivity index (χ1n) is 7.89. The molecule has 2 aromatic rings. The van der Waals surface area contributed by atoms with Crippen LogP contribution in [0.25, 0.3) is 0 Å². The van der Waals surface area contributed by atoms with Crippen LogP contribution in [-0.4, -0.2) is 23.0 Å². The monoisotopic (exact) mass is 368 g/mol. The molecule has 0 aliphatic rings. The normalized spacial score (nSPS) is 11.5. The number of hydrogen-bond donors (Lipinski definition) is 2. The Labute approximate surface area is 148 Å². The van der Waals surface area contributed by atoms with E-state index in [1.54, 1.807) is 27.7 Å². The maximum Gasteiger partial charge on any atom is 0.416 e. The highest BCUT2D eigenvalue weighted by Crippen LogP contribution is 2.30. The topological polar surface area (TPSA) is 71.2 Å². The van der Waals surface area contributed by atoms with E-state index in [0.29, 0.717) is 11.3 Å². The Balaban J connectivity index is 2.21. The van der Waals surface area contributed by atoms with Crippen LogP contribution in [-0.2, 0) is 10.9 Å². The summed E-state index contributed by atoms with van der Waals surface area (Å²) < 4.78 is 42.9. The first-order chi connectivity index (χ1) is 12.0. The lowest BCUT2D eigenvalue weighted by Crippen LogP contribution is -2.15. The van der Waals surface area contributed by atoms with E-state index >= 15 is 0 Å². The summed E-state index contributed by atoms with van der Waals surface area (Å²) >= 11 is 0. The molecule has 0 saturated heterocycles. The summed E-state index contributed by atoms with van der Waals surface area (Å²) in [7, 11) is 0. The zero-order chi connectivity index (χ0) is 19.6. The van der Waals surface area contributed by atoms with Gasteiger partial charge in [-0.3, -0.25) is 4.79 Å². The lowest BCUT2D eigenvalue weighted by atomic mass is 10.1. The summed E-state index contributed by atoms with van der Waals surface area (Å²) in [6.45, 7) is 6.67. The van der Waals surface area contributed by atoms with Gasteiger partial charge in [-0.1, -0.05) is 0 Å². The van der Waals surface area contributed by atoms with E-state index in [2.05, 4.69) is 10.3 Å². The Hall–Kier alpha value is -2.77. The van der Waals surface area contributed by atoms with Crippen molar-refractivity contribution in [2.24, 2.45) is 0 Å². The number of carbonyl (C=O) groups excluding carboxylic acids is 2. The number of hydrogen-bond acceptors (Lipinski definition) is 3. The standard InChI is InChI=1S/C18H19F3N2O3/c1-9(2)26-17(25)14-10(3)15(22-11(14)4)16(24)23-13-7-5-12(6-8-13)18(19,20)21/h5-9,22H,1-4H3,(H,23,24). The smallest absolute Gasteiger partial charge is 0.416 e. The maximum atomic E-state index is 12.6. The number of ether oxygens (including phenoxy) is 1. The molecule has 0 unspecified atom stereocenters. The fraction of sp³-hybridized carbons (Fsp3) is 0.333. The number of aryl methyl sites for hydroxylation is 1. The van der Waals surface area contributed by atoms with Gasteiger partial charge in [0.05, 0.1) is 17.2 Å². The molecule has 0 radical (unpaired) electrons. The Morgan fingerprint density at radius 1 is 1.12 bits per heavy atom. The van der Waals surface area contributed by atoms with Crippen molar-refractivity contribution in [1.29, 1.82) is 0 Å². The van der Waals surface area contributed by atoms with Gasteiger partial charge in [0, 0.05) is 11.4 Å². The van der Waals surface area contributed by atoms with Crippen LogP contribution in [0.2, 0.25) is 0 Å². The summed E-state index contributed by atoms with van der Waals surface area (Å²) in [5.41, 5.74) is 0.722. The molecule has 1 aromatic heterocycles.